The third kappa shape index (κ3) is 2.57. The van der Waals surface area contributed by atoms with Gasteiger partial charge in [0, 0.05) is 16.0 Å². The molecule has 7 heteroatoms. The first kappa shape index (κ1) is 17.2. The molecule has 3 heterocycles. The smallest absolute Gasteiger partial charge is 0.281 e. The molecule has 4 aromatic rings. The van der Waals surface area contributed by atoms with Crippen LogP contribution in [0.15, 0.2) is 58.4 Å². The van der Waals surface area contributed by atoms with Crippen molar-refractivity contribution in [3.05, 3.63) is 85.4 Å². The summed E-state index contributed by atoms with van der Waals surface area (Å²) in [6.45, 7) is 2.22. The monoisotopic (exact) mass is 407 g/mol. The number of benzene rings is 2. The molecule has 0 atom stereocenters. The topological polar surface area (TPSA) is 68.0 Å². The summed E-state index contributed by atoms with van der Waals surface area (Å²) >= 11 is 7.37. The van der Waals surface area contributed by atoms with Crippen LogP contribution in [0.2, 0.25) is 5.02 Å². The van der Waals surface area contributed by atoms with Crippen LogP contribution in [0, 0.1) is 6.92 Å². The van der Waals surface area contributed by atoms with E-state index < -0.39 is 0 Å². The standard InChI is InChI=1S/C21H14ClN3O2S/c1-11-3-2-4-14-18(11)25-9-16(26)17(19(25)24-20(14)27)21-23-15(10-28-21)12-5-7-13(22)8-6-12/h2-8,10,26H,9H2,1H3. The number of fused-ring (bicyclic) bond motifs is 3. The maximum absolute atomic E-state index is 12.6. The van der Waals surface area contributed by atoms with Crippen LogP contribution in [0.5, 0.6) is 0 Å². The zero-order valence-electron chi connectivity index (χ0n) is 14.8. The molecule has 1 aliphatic heterocycles. The number of rotatable bonds is 2. The van der Waals surface area contributed by atoms with E-state index in [0.29, 0.717) is 26.8 Å². The highest BCUT2D eigenvalue weighted by Gasteiger charge is 2.28. The van der Waals surface area contributed by atoms with E-state index >= 15 is 0 Å². The third-order valence-corrected chi connectivity index (χ3v) is 5.99. The Morgan fingerprint density at radius 3 is 2.71 bits per heavy atom. The number of halogens is 1. The number of aliphatic hydroxyl groups excluding tert-OH is 1. The number of aryl methyl sites for hydroxylation is 1. The van der Waals surface area contributed by atoms with Gasteiger partial charge < -0.3 is 9.67 Å². The summed E-state index contributed by atoms with van der Waals surface area (Å²) in [4.78, 5) is 21.5. The molecule has 0 unspecified atom stereocenters. The van der Waals surface area contributed by atoms with Gasteiger partial charge in [0.05, 0.1) is 28.7 Å². The maximum Gasteiger partial charge on any atom is 0.281 e. The van der Waals surface area contributed by atoms with Gasteiger partial charge in [-0.3, -0.25) is 4.79 Å². The van der Waals surface area contributed by atoms with Crippen LogP contribution in [-0.2, 0) is 6.54 Å². The Balaban J connectivity index is 1.67. The van der Waals surface area contributed by atoms with Crippen molar-refractivity contribution in [2.24, 2.45) is 0 Å². The van der Waals surface area contributed by atoms with Crippen molar-refractivity contribution in [3.63, 3.8) is 0 Å². The predicted octanol–water partition coefficient (Wildman–Crippen LogP) is 4.81. The van der Waals surface area contributed by atoms with Crippen LogP contribution in [0.1, 0.15) is 16.4 Å². The average molecular weight is 408 g/mol. The molecule has 1 aliphatic rings. The summed E-state index contributed by atoms with van der Waals surface area (Å²) in [7, 11) is 0. The van der Waals surface area contributed by atoms with Crippen LogP contribution in [-0.4, -0.2) is 19.6 Å². The lowest BCUT2D eigenvalue weighted by molar-refractivity contribution is 0.389. The van der Waals surface area contributed by atoms with Gasteiger partial charge in [-0.05, 0) is 30.7 Å². The first-order valence-electron chi connectivity index (χ1n) is 8.67. The second kappa shape index (κ2) is 6.29. The number of aromatic nitrogens is 3. The lowest BCUT2D eigenvalue weighted by Gasteiger charge is -2.11. The first-order chi connectivity index (χ1) is 13.5. The number of aliphatic hydroxyl groups is 1. The molecule has 0 saturated carbocycles. The highest BCUT2D eigenvalue weighted by molar-refractivity contribution is 7.11. The molecule has 28 heavy (non-hydrogen) atoms. The molecule has 2 aromatic carbocycles. The average Bonchev–Trinajstić information content (AvgIpc) is 3.27. The Labute approximate surface area is 169 Å². The third-order valence-electron chi connectivity index (χ3n) is 4.88. The van der Waals surface area contributed by atoms with Crippen LogP contribution >= 0.6 is 22.9 Å². The normalized spacial score (nSPS) is 13.4. The van der Waals surface area contributed by atoms with Crippen molar-refractivity contribution in [1.82, 2.24) is 14.5 Å². The summed E-state index contributed by atoms with van der Waals surface area (Å²) in [6.07, 6.45) is 0. The van der Waals surface area contributed by atoms with E-state index in [2.05, 4.69) is 9.97 Å². The zero-order valence-corrected chi connectivity index (χ0v) is 16.4. The quantitative estimate of drug-likeness (QED) is 0.517. The van der Waals surface area contributed by atoms with Crippen molar-refractivity contribution in [3.8, 4) is 11.3 Å². The minimum absolute atomic E-state index is 0.166. The molecule has 0 saturated heterocycles. The van der Waals surface area contributed by atoms with E-state index in [4.69, 9.17) is 11.6 Å². The number of para-hydroxylation sites is 1. The number of hydrogen-bond acceptors (Lipinski definition) is 5. The summed E-state index contributed by atoms with van der Waals surface area (Å²) in [6, 6.07) is 13.0. The lowest BCUT2D eigenvalue weighted by Crippen LogP contribution is -2.16. The van der Waals surface area contributed by atoms with Crippen molar-refractivity contribution in [2.45, 2.75) is 13.5 Å². The number of thiazole rings is 1. The van der Waals surface area contributed by atoms with Gasteiger partial charge in [-0.2, -0.15) is 4.98 Å². The fourth-order valence-electron chi connectivity index (χ4n) is 3.58. The Morgan fingerprint density at radius 1 is 1.14 bits per heavy atom. The molecular weight excluding hydrogens is 394 g/mol. The Kier molecular flexibility index (Phi) is 3.86. The van der Waals surface area contributed by atoms with E-state index in [0.717, 1.165) is 22.3 Å². The fraction of sp³-hybridized carbons (Fsp3) is 0.0952. The molecule has 0 amide bonds. The van der Waals surface area contributed by atoms with Gasteiger partial charge in [0.25, 0.3) is 5.56 Å². The van der Waals surface area contributed by atoms with Crippen molar-refractivity contribution < 1.29 is 5.11 Å². The Bertz CT molecular complexity index is 1340. The van der Waals surface area contributed by atoms with Crippen molar-refractivity contribution in [2.75, 3.05) is 0 Å². The molecule has 5 nitrogen and oxygen atoms in total. The van der Waals surface area contributed by atoms with Crippen molar-refractivity contribution >= 4 is 39.4 Å². The minimum atomic E-state index is -0.299. The molecule has 5 rings (SSSR count). The highest BCUT2D eigenvalue weighted by Crippen LogP contribution is 2.36. The van der Waals surface area contributed by atoms with E-state index in [1.807, 2.05) is 53.3 Å². The number of nitrogens with zero attached hydrogens (tertiary/aromatic N) is 3. The van der Waals surface area contributed by atoms with Gasteiger partial charge in [-0.25, -0.2) is 4.98 Å². The predicted molar refractivity (Wildman–Crippen MR) is 112 cm³/mol. The second-order valence-corrected chi connectivity index (χ2v) is 7.96. The summed E-state index contributed by atoms with van der Waals surface area (Å²) in [5.74, 6) is 0.626. The lowest BCUT2D eigenvalue weighted by atomic mass is 10.1. The van der Waals surface area contributed by atoms with Gasteiger partial charge in [-0.15, -0.1) is 11.3 Å². The maximum atomic E-state index is 12.6. The molecule has 0 radical (unpaired) electrons. The first-order valence-corrected chi connectivity index (χ1v) is 9.93. The largest absolute Gasteiger partial charge is 0.510 e. The molecule has 1 N–H and O–H groups in total. The SMILES string of the molecule is Cc1cccc2c(=O)nc3n(c12)CC(O)=C3c1nc(-c2ccc(Cl)cc2)cs1. The van der Waals surface area contributed by atoms with E-state index in [9.17, 15) is 9.90 Å². The zero-order chi connectivity index (χ0) is 19.4. The van der Waals surface area contributed by atoms with Crippen molar-refractivity contribution in [1.29, 1.82) is 0 Å². The molecule has 0 fully saturated rings. The molecule has 0 spiro atoms. The summed E-state index contributed by atoms with van der Waals surface area (Å²) in [5, 5.41) is 14.5. The Morgan fingerprint density at radius 2 is 1.93 bits per heavy atom. The van der Waals surface area contributed by atoms with Gasteiger partial charge in [-0.1, -0.05) is 35.9 Å². The van der Waals surface area contributed by atoms with Crippen LogP contribution in [0.4, 0.5) is 0 Å². The molecule has 0 bridgehead atoms. The van der Waals surface area contributed by atoms with Gasteiger partial charge >= 0.3 is 0 Å². The number of hydrogen-bond donors (Lipinski definition) is 1. The highest BCUT2D eigenvalue weighted by atomic mass is 35.5. The van der Waals surface area contributed by atoms with Gasteiger partial charge in [0.15, 0.2) is 5.82 Å². The van der Waals surface area contributed by atoms with Crippen LogP contribution in [0.3, 0.4) is 0 Å². The van der Waals surface area contributed by atoms with E-state index in [1.165, 1.54) is 11.3 Å². The van der Waals surface area contributed by atoms with Crippen LogP contribution < -0.4 is 5.56 Å². The molecule has 138 valence electrons. The minimum Gasteiger partial charge on any atom is -0.510 e. The fourth-order valence-corrected chi connectivity index (χ4v) is 4.59. The summed E-state index contributed by atoms with van der Waals surface area (Å²) < 4.78 is 1.89. The number of allylic oxidation sites excluding steroid dienone is 1. The molecular formula is C21H14ClN3O2S. The Hall–Kier alpha value is -2.96. The second-order valence-electron chi connectivity index (χ2n) is 6.66. The van der Waals surface area contributed by atoms with E-state index in [1.54, 1.807) is 6.07 Å². The van der Waals surface area contributed by atoms with Gasteiger partial charge in [0.1, 0.15) is 10.8 Å². The van der Waals surface area contributed by atoms with E-state index in [-0.39, 0.29) is 17.9 Å². The molecule has 2 aromatic heterocycles. The van der Waals surface area contributed by atoms with Gasteiger partial charge in [0.2, 0.25) is 0 Å². The molecule has 0 aliphatic carbocycles. The van der Waals surface area contributed by atoms with Crippen LogP contribution in [0.25, 0.3) is 27.7 Å². The summed E-state index contributed by atoms with van der Waals surface area (Å²) in [5.41, 5.74) is 3.71.